The maximum absolute atomic E-state index is 12.8. The molecule has 1 saturated heterocycles. The van der Waals surface area contributed by atoms with E-state index < -0.39 is 28.5 Å². The number of furan rings is 1. The van der Waals surface area contributed by atoms with Crippen molar-refractivity contribution < 1.29 is 23.7 Å². The van der Waals surface area contributed by atoms with Gasteiger partial charge >= 0.3 is 0 Å². The highest BCUT2D eigenvalue weighted by atomic mass is 32.2. The molecule has 35 heavy (non-hydrogen) atoms. The number of hydrogen-bond donors (Lipinski definition) is 1. The van der Waals surface area contributed by atoms with Gasteiger partial charge in [-0.1, -0.05) is 18.2 Å². The number of nitro benzene ring substituents is 1. The number of aryl methyl sites for hydroxylation is 3. The van der Waals surface area contributed by atoms with E-state index in [-0.39, 0.29) is 10.6 Å². The predicted octanol–water partition coefficient (Wildman–Crippen LogP) is 5.46. The van der Waals surface area contributed by atoms with Crippen LogP contribution in [0.4, 0.5) is 16.2 Å². The summed E-state index contributed by atoms with van der Waals surface area (Å²) in [4.78, 5) is 49.4. The molecule has 0 aliphatic carbocycles. The molecule has 1 N–H and O–H groups in total. The zero-order chi connectivity index (χ0) is 25.3. The lowest BCUT2D eigenvalue weighted by Gasteiger charge is -2.13. The molecule has 0 spiro atoms. The second kappa shape index (κ2) is 9.59. The summed E-state index contributed by atoms with van der Waals surface area (Å²) in [5.41, 5.74) is 3.56. The van der Waals surface area contributed by atoms with Gasteiger partial charge in [-0.3, -0.25) is 29.4 Å². The number of imide groups is 1. The summed E-state index contributed by atoms with van der Waals surface area (Å²) in [7, 11) is 0. The van der Waals surface area contributed by atoms with Gasteiger partial charge in [0.1, 0.15) is 18.1 Å². The number of hydrogen-bond acceptors (Lipinski definition) is 7. The van der Waals surface area contributed by atoms with Gasteiger partial charge in [0.2, 0.25) is 5.91 Å². The number of nitro groups is 1. The molecule has 1 fully saturated rings. The summed E-state index contributed by atoms with van der Waals surface area (Å²) < 4.78 is 5.73. The lowest BCUT2D eigenvalue weighted by Crippen LogP contribution is -2.36. The third-order valence-electron chi connectivity index (χ3n) is 5.27. The number of benzene rings is 2. The minimum absolute atomic E-state index is 0.0272. The Kier molecular flexibility index (Phi) is 6.57. The summed E-state index contributed by atoms with van der Waals surface area (Å²) in [6, 6.07) is 13.5. The number of nitrogens with zero attached hydrogens (tertiary/aromatic N) is 2. The van der Waals surface area contributed by atoms with Crippen molar-refractivity contribution in [2.75, 3.05) is 11.9 Å². The van der Waals surface area contributed by atoms with E-state index in [0.29, 0.717) is 40.1 Å². The van der Waals surface area contributed by atoms with Crippen molar-refractivity contribution in [1.29, 1.82) is 0 Å². The normalized spacial score (nSPS) is 14.6. The third-order valence-corrected chi connectivity index (χ3v) is 6.18. The van der Waals surface area contributed by atoms with Crippen LogP contribution >= 0.6 is 11.8 Å². The third kappa shape index (κ3) is 5.33. The van der Waals surface area contributed by atoms with E-state index in [1.807, 2.05) is 19.9 Å². The largest absolute Gasteiger partial charge is 0.457 e. The summed E-state index contributed by atoms with van der Waals surface area (Å²) in [5, 5.41) is 13.4. The fourth-order valence-electron chi connectivity index (χ4n) is 3.70. The standard InChI is InChI=1S/C25H21N3O6S/c1-14-8-15(2)10-18(9-14)26-23(29)13-27-24(30)22(35-25(27)31)12-19-6-7-21(34-19)17-5-4-16(3)20(11-17)28(32)33/h4-12H,13H2,1-3H3,(H,26,29)/b22-12+. The van der Waals surface area contributed by atoms with Crippen molar-refractivity contribution >= 4 is 46.3 Å². The lowest BCUT2D eigenvalue weighted by atomic mass is 10.1. The quantitative estimate of drug-likeness (QED) is 0.276. The Balaban J connectivity index is 1.47. The average molecular weight is 492 g/mol. The molecule has 0 radical (unpaired) electrons. The zero-order valence-electron chi connectivity index (χ0n) is 19.2. The Hall–Kier alpha value is -4.18. The van der Waals surface area contributed by atoms with Crippen molar-refractivity contribution in [2.45, 2.75) is 20.8 Å². The van der Waals surface area contributed by atoms with Gasteiger partial charge in [0, 0.05) is 29.0 Å². The van der Waals surface area contributed by atoms with E-state index in [2.05, 4.69) is 5.32 Å². The zero-order valence-corrected chi connectivity index (χ0v) is 20.0. The minimum Gasteiger partial charge on any atom is -0.457 e. The SMILES string of the molecule is Cc1cc(C)cc(NC(=O)CN2C(=O)S/C(=C/c3ccc(-c4ccc(C)c([N+](=O)[O-])c4)o3)C2=O)c1. The van der Waals surface area contributed by atoms with Gasteiger partial charge in [-0.15, -0.1) is 0 Å². The molecule has 0 atom stereocenters. The first-order chi connectivity index (χ1) is 16.6. The molecule has 10 heteroatoms. The summed E-state index contributed by atoms with van der Waals surface area (Å²) in [6.45, 7) is 5.05. The molecule has 1 aliphatic heterocycles. The van der Waals surface area contributed by atoms with Crippen LogP contribution < -0.4 is 5.32 Å². The Morgan fingerprint density at radius 1 is 1.09 bits per heavy atom. The van der Waals surface area contributed by atoms with Gasteiger partial charge in [-0.25, -0.2) is 0 Å². The molecule has 1 aromatic heterocycles. The molecule has 0 unspecified atom stereocenters. The molecule has 178 valence electrons. The lowest BCUT2D eigenvalue weighted by molar-refractivity contribution is -0.385. The monoisotopic (exact) mass is 491 g/mol. The van der Waals surface area contributed by atoms with Crippen molar-refractivity contribution in [1.82, 2.24) is 4.90 Å². The van der Waals surface area contributed by atoms with Gasteiger partial charge < -0.3 is 9.73 Å². The van der Waals surface area contributed by atoms with Crippen LogP contribution in [0.5, 0.6) is 0 Å². The van der Waals surface area contributed by atoms with Crippen LogP contribution in [-0.2, 0) is 9.59 Å². The highest BCUT2D eigenvalue weighted by Crippen LogP contribution is 2.34. The van der Waals surface area contributed by atoms with Crippen molar-refractivity contribution in [3.05, 3.63) is 86.0 Å². The van der Waals surface area contributed by atoms with Crippen molar-refractivity contribution in [3.63, 3.8) is 0 Å². The first kappa shape index (κ1) is 24.0. The molecule has 2 heterocycles. The van der Waals surface area contributed by atoms with E-state index in [0.717, 1.165) is 16.0 Å². The fraction of sp³-hybridized carbons (Fsp3) is 0.160. The molecule has 3 amide bonds. The van der Waals surface area contributed by atoms with E-state index >= 15 is 0 Å². The van der Waals surface area contributed by atoms with Crippen LogP contribution in [0.2, 0.25) is 0 Å². The molecule has 0 saturated carbocycles. The summed E-state index contributed by atoms with van der Waals surface area (Å²) in [6.07, 6.45) is 1.42. The van der Waals surface area contributed by atoms with E-state index in [1.165, 1.54) is 12.1 Å². The van der Waals surface area contributed by atoms with Gasteiger partial charge in [0.05, 0.1) is 9.83 Å². The minimum atomic E-state index is -0.598. The Bertz CT molecular complexity index is 1390. The van der Waals surface area contributed by atoms with Gasteiger partial charge in [-0.2, -0.15) is 0 Å². The Morgan fingerprint density at radius 2 is 1.80 bits per heavy atom. The van der Waals surface area contributed by atoms with Gasteiger partial charge in [-0.05, 0) is 67.9 Å². The predicted molar refractivity (Wildman–Crippen MR) is 133 cm³/mol. The van der Waals surface area contributed by atoms with Crippen molar-refractivity contribution in [2.24, 2.45) is 0 Å². The number of amides is 3. The number of nitrogens with one attached hydrogen (secondary N) is 1. The highest BCUT2D eigenvalue weighted by molar-refractivity contribution is 8.18. The molecule has 9 nitrogen and oxygen atoms in total. The maximum atomic E-state index is 12.8. The number of thioether (sulfide) groups is 1. The maximum Gasteiger partial charge on any atom is 0.294 e. The Labute approximate surface area is 204 Å². The van der Waals surface area contributed by atoms with Gasteiger partial charge in [0.25, 0.3) is 16.8 Å². The van der Waals surface area contributed by atoms with Crippen LogP contribution in [0.15, 0.2) is 57.9 Å². The second-order valence-corrected chi connectivity index (χ2v) is 9.15. The molecule has 0 bridgehead atoms. The van der Waals surface area contributed by atoms with Crippen LogP contribution in [0.1, 0.15) is 22.5 Å². The highest BCUT2D eigenvalue weighted by Gasteiger charge is 2.36. The van der Waals surface area contributed by atoms with Crippen LogP contribution in [0, 0.1) is 30.9 Å². The van der Waals surface area contributed by atoms with Crippen LogP contribution in [-0.4, -0.2) is 33.4 Å². The van der Waals surface area contributed by atoms with E-state index in [4.69, 9.17) is 4.42 Å². The smallest absolute Gasteiger partial charge is 0.294 e. The van der Waals surface area contributed by atoms with Crippen LogP contribution in [0.3, 0.4) is 0 Å². The van der Waals surface area contributed by atoms with Crippen LogP contribution in [0.25, 0.3) is 17.4 Å². The molecule has 3 aromatic rings. The summed E-state index contributed by atoms with van der Waals surface area (Å²) >= 11 is 0.712. The van der Waals surface area contributed by atoms with Gasteiger partial charge in [0.15, 0.2) is 0 Å². The second-order valence-electron chi connectivity index (χ2n) is 8.15. The first-order valence-electron chi connectivity index (χ1n) is 10.6. The topological polar surface area (TPSA) is 123 Å². The van der Waals surface area contributed by atoms with E-state index in [1.54, 1.807) is 43.3 Å². The van der Waals surface area contributed by atoms with Crippen molar-refractivity contribution in [3.8, 4) is 11.3 Å². The number of rotatable bonds is 6. The molecule has 1 aliphatic rings. The first-order valence-corrected chi connectivity index (χ1v) is 11.4. The average Bonchev–Trinajstić information content (AvgIpc) is 3.33. The molecule has 2 aromatic carbocycles. The molecular weight excluding hydrogens is 470 g/mol. The van der Waals surface area contributed by atoms with E-state index in [9.17, 15) is 24.5 Å². The molecular formula is C25H21N3O6S. The fourth-order valence-corrected chi connectivity index (χ4v) is 4.52. The Morgan fingerprint density at radius 3 is 2.49 bits per heavy atom. The number of carbonyl (C=O) groups excluding carboxylic acids is 3. The molecule has 4 rings (SSSR count). The number of anilines is 1. The summed E-state index contributed by atoms with van der Waals surface area (Å²) in [5.74, 6) is -0.404. The number of carbonyl (C=O) groups is 3.